The van der Waals surface area contributed by atoms with Crippen LogP contribution in [0.4, 0.5) is 5.82 Å². The second kappa shape index (κ2) is 12.1. The van der Waals surface area contributed by atoms with Gasteiger partial charge in [0.05, 0.1) is 19.2 Å². The van der Waals surface area contributed by atoms with Crippen LogP contribution >= 0.6 is 0 Å². The second-order valence-electron chi connectivity index (χ2n) is 10.5. The number of hydrogen-bond acceptors (Lipinski definition) is 7. The molecule has 0 radical (unpaired) electrons. The van der Waals surface area contributed by atoms with E-state index in [0.717, 1.165) is 59.2 Å². The van der Waals surface area contributed by atoms with Gasteiger partial charge in [0.2, 0.25) is 5.91 Å². The van der Waals surface area contributed by atoms with Crippen LogP contribution in [0.5, 0.6) is 5.75 Å². The van der Waals surface area contributed by atoms with Crippen molar-refractivity contribution < 1.29 is 19.1 Å². The maximum Gasteiger partial charge on any atom is 0.261 e. The number of aromatic amines is 1. The summed E-state index contributed by atoms with van der Waals surface area (Å²) < 4.78 is 10.8. The van der Waals surface area contributed by atoms with Gasteiger partial charge in [0.15, 0.2) is 0 Å². The number of methoxy groups -OCH3 is 2. The molecular formula is C30H37N5O5. The van der Waals surface area contributed by atoms with Crippen LogP contribution in [-0.2, 0) is 28.9 Å². The Balaban J connectivity index is 1.52. The van der Waals surface area contributed by atoms with E-state index >= 15 is 0 Å². The second-order valence-corrected chi connectivity index (χ2v) is 10.5. The summed E-state index contributed by atoms with van der Waals surface area (Å²) in [5.41, 5.74) is 3.45. The SMILES string of the molecule is COCCN(Cc1cc2ccc(OC)cc2nc1N1CCN(C(C)=O)CC1)C(=O)c1cc2c([nH]c1=O)CCCC2. The van der Waals surface area contributed by atoms with Gasteiger partial charge in [0, 0.05) is 76.0 Å². The molecular weight excluding hydrogens is 510 g/mol. The standard InChI is InChI=1S/C30H37N5O5/c1-20(36)33-10-12-34(13-11-33)28-23(16-22-8-9-24(40-3)18-27(22)31-28)19-35(14-15-39-2)30(38)25-17-21-6-4-5-7-26(21)32-29(25)37/h8-9,16-18H,4-7,10-15,19H2,1-3H3,(H,32,37). The summed E-state index contributed by atoms with van der Waals surface area (Å²) >= 11 is 0. The van der Waals surface area contributed by atoms with Crippen LogP contribution in [0.15, 0.2) is 35.1 Å². The zero-order valence-electron chi connectivity index (χ0n) is 23.5. The third-order valence-corrected chi connectivity index (χ3v) is 7.89. The average Bonchev–Trinajstić information content (AvgIpc) is 2.97. The van der Waals surface area contributed by atoms with Crippen molar-refractivity contribution in [1.82, 2.24) is 19.8 Å². The molecule has 5 rings (SSSR count). The molecule has 1 aromatic carbocycles. The molecule has 1 fully saturated rings. The molecule has 10 heteroatoms. The molecule has 0 saturated carbocycles. The molecule has 1 N–H and O–H groups in total. The van der Waals surface area contributed by atoms with Crippen molar-refractivity contribution in [1.29, 1.82) is 0 Å². The fourth-order valence-corrected chi connectivity index (χ4v) is 5.59. The maximum atomic E-state index is 13.9. The molecule has 2 amide bonds. The number of aromatic nitrogens is 2. The van der Waals surface area contributed by atoms with E-state index in [-0.39, 0.29) is 29.5 Å². The highest BCUT2D eigenvalue weighted by atomic mass is 16.5. The molecule has 3 aromatic rings. The number of rotatable bonds is 8. The minimum atomic E-state index is -0.350. The van der Waals surface area contributed by atoms with Gasteiger partial charge in [-0.25, -0.2) is 4.98 Å². The number of nitrogens with one attached hydrogen (secondary N) is 1. The number of pyridine rings is 2. The summed E-state index contributed by atoms with van der Waals surface area (Å²) in [6.45, 7) is 4.97. The summed E-state index contributed by atoms with van der Waals surface area (Å²) in [7, 11) is 3.22. The number of carbonyl (C=O) groups excluding carboxylic acids is 2. The normalized spacial score (nSPS) is 15.2. The predicted octanol–water partition coefficient (Wildman–Crippen LogP) is 2.77. The third kappa shape index (κ3) is 5.82. The Hall–Kier alpha value is -3.92. The van der Waals surface area contributed by atoms with E-state index in [1.807, 2.05) is 23.1 Å². The Morgan fingerprint density at radius 1 is 1.05 bits per heavy atom. The lowest BCUT2D eigenvalue weighted by Crippen LogP contribution is -2.48. The van der Waals surface area contributed by atoms with Crippen molar-refractivity contribution in [3.63, 3.8) is 0 Å². The highest BCUT2D eigenvalue weighted by Crippen LogP contribution is 2.29. The smallest absolute Gasteiger partial charge is 0.261 e. The number of H-pyrrole nitrogens is 1. The molecule has 3 heterocycles. The van der Waals surface area contributed by atoms with E-state index in [1.54, 1.807) is 32.1 Å². The Morgan fingerprint density at radius 2 is 1.82 bits per heavy atom. The number of ether oxygens (including phenoxy) is 2. The van der Waals surface area contributed by atoms with E-state index in [1.165, 1.54) is 0 Å². The molecule has 1 aliphatic carbocycles. The Labute approximate surface area is 233 Å². The highest BCUT2D eigenvalue weighted by molar-refractivity contribution is 5.94. The zero-order valence-corrected chi connectivity index (χ0v) is 23.5. The highest BCUT2D eigenvalue weighted by Gasteiger charge is 2.26. The fourth-order valence-electron chi connectivity index (χ4n) is 5.59. The van der Waals surface area contributed by atoms with Gasteiger partial charge in [-0.3, -0.25) is 14.4 Å². The van der Waals surface area contributed by atoms with Crippen LogP contribution in [0.3, 0.4) is 0 Å². The van der Waals surface area contributed by atoms with Gasteiger partial charge in [0.25, 0.3) is 11.5 Å². The van der Waals surface area contributed by atoms with Crippen LogP contribution in [-0.4, -0.2) is 85.1 Å². The van der Waals surface area contributed by atoms with E-state index in [4.69, 9.17) is 14.5 Å². The van der Waals surface area contributed by atoms with Crippen molar-refractivity contribution in [2.45, 2.75) is 39.2 Å². The molecule has 0 unspecified atom stereocenters. The minimum Gasteiger partial charge on any atom is -0.497 e. The van der Waals surface area contributed by atoms with Crippen molar-refractivity contribution in [3.8, 4) is 5.75 Å². The quantitative estimate of drug-likeness (QED) is 0.462. The molecule has 0 bridgehead atoms. The van der Waals surface area contributed by atoms with Crippen LogP contribution in [0.2, 0.25) is 0 Å². The molecule has 212 valence electrons. The van der Waals surface area contributed by atoms with Gasteiger partial charge in [-0.05, 0) is 55.5 Å². The van der Waals surface area contributed by atoms with Crippen molar-refractivity contribution in [2.24, 2.45) is 0 Å². The van der Waals surface area contributed by atoms with Gasteiger partial charge in [-0.2, -0.15) is 0 Å². The molecule has 40 heavy (non-hydrogen) atoms. The predicted molar refractivity (Wildman–Crippen MR) is 153 cm³/mol. The number of carbonyl (C=O) groups is 2. The molecule has 1 aliphatic heterocycles. The van der Waals surface area contributed by atoms with Crippen LogP contribution in [0, 0.1) is 0 Å². The first kappa shape index (κ1) is 27.6. The summed E-state index contributed by atoms with van der Waals surface area (Å²) in [6.07, 6.45) is 3.79. The number of nitrogens with zero attached hydrogens (tertiary/aromatic N) is 4. The van der Waals surface area contributed by atoms with Gasteiger partial charge in [-0.1, -0.05) is 0 Å². The molecule has 0 atom stereocenters. The van der Waals surface area contributed by atoms with E-state index in [0.29, 0.717) is 45.1 Å². The Kier molecular flexibility index (Phi) is 8.35. The summed E-state index contributed by atoms with van der Waals surface area (Å²) in [6, 6.07) is 9.58. The topological polar surface area (TPSA) is 108 Å². The summed E-state index contributed by atoms with van der Waals surface area (Å²) in [5, 5.41) is 0.924. The van der Waals surface area contributed by atoms with Gasteiger partial charge in [-0.15, -0.1) is 0 Å². The molecule has 10 nitrogen and oxygen atoms in total. The van der Waals surface area contributed by atoms with E-state index in [2.05, 4.69) is 16.0 Å². The van der Waals surface area contributed by atoms with E-state index < -0.39 is 0 Å². The fraction of sp³-hybridized carbons (Fsp3) is 0.467. The summed E-state index contributed by atoms with van der Waals surface area (Å²) in [5.74, 6) is 1.21. The Bertz CT molecular complexity index is 1460. The molecule has 1 saturated heterocycles. The van der Waals surface area contributed by atoms with Crippen molar-refractivity contribution >= 4 is 28.5 Å². The van der Waals surface area contributed by atoms with E-state index in [9.17, 15) is 14.4 Å². The monoisotopic (exact) mass is 547 g/mol. The van der Waals surface area contributed by atoms with Crippen molar-refractivity contribution in [3.05, 3.63) is 63.1 Å². The zero-order chi connectivity index (χ0) is 28.2. The minimum absolute atomic E-state index is 0.0580. The van der Waals surface area contributed by atoms with Gasteiger partial charge >= 0.3 is 0 Å². The maximum absolute atomic E-state index is 13.9. The lowest BCUT2D eigenvalue weighted by molar-refractivity contribution is -0.129. The molecule has 2 aliphatic rings. The number of piperazine rings is 1. The molecule has 0 spiro atoms. The van der Waals surface area contributed by atoms with Gasteiger partial charge < -0.3 is 29.2 Å². The van der Waals surface area contributed by atoms with Crippen LogP contribution < -0.4 is 15.2 Å². The average molecular weight is 548 g/mol. The number of fused-ring (bicyclic) bond motifs is 2. The first-order valence-electron chi connectivity index (χ1n) is 13.9. The number of hydrogen-bond donors (Lipinski definition) is 1. The lowest BCUT2D eigenvalue weighted by atomic mass is 9.95. The van der Waals surface area contributed by atoms with Crippen LogP contribution in [0.1, 0.15) is 46.9 Å². The largest absolute Gasteiger partial charge is 0.497 e. The van der Waals surface area contributed by atoms with Crippen molar-refractivity contribution in [2.75, 3.05) is 58.5 Å². The van der Waals surface area contributed by atoms with Crippen LogP contribution in [0.25, 0.3) is 10.9 Å². The Morgan fingerprint density at radius 3 is 2.55 bits per heavy atom. The van der Waals surface area contributed by atoms with Gasteiger partial charge in [0.1, 0.15) is 17.1 Å². The third-order valence-electron chi connectivity index (χ3n) is 7.89. The number of anilines is 1. The summed E-state index contributed by atoms with van der Waals surface area (Å²) in [4.78, 5) is 52.4. The lowest BCUT2D eigenvalue weighted by Gasteiger charge is -2.36. The number of aryl methyl sites for hydroxylation is 2. The number of benzene rings is 1. The first-order chi connectivity index (χ1) is 19.4. The number of amides is 2. The first-order valence-corrected chi connectivity index (χ1v) is 13.9. The molecule has 2 aromatic heterocycles.